The van der Waals surface area contributed by atoms with E-state index in [4.69, 9.17) is 4.55 Å². The molecule has 0 aromatic heterocycles. The van der Waals surface area contributed by atoms with E-state index in [0.717, 1.165) is 6.07 Å². The molecule has 0 saturated carbocycles. The number of Topliss-reactive ketones (excluding diaryl/α,β-unsaturated/α-hetero) is 1. The summed E-state index contributed by atoms with van der Waals surface area (Å²) in [6, 6.07) is 4.02. The number of hydrogen-bond acceptors (Lipinski definition) is 4. The number of benzene rings is 1. The fourth-order valence-corrected chi connectivity index (χ4v) is 1.86. The SMILES string of the molecule is CC(=O)c1ccc(NCCCS(=O)(=O)O)c(F)c1. The Morgan fingerprint density at radius 1 is 1.44 bits per heavy atom. The molecule has 1 aromatic rings. The van der Waals surface area contributed by atoms with Gasteiger partial charge in [-0.1, -0.05) is 0 Å². The van der Waals surface area contributed by atoms with Gasteiger partial charge in [-0.05, 0) is 31.5 Å². The summed E-state index contributed by atoms with van der Waals surface area (Å²) in [5, 5.41) is 2.69. The molecule has 0 aliphatic carbocycles. The zero-order chi connectivity index (χ0) is 13.8. The van der Waals surface area contributed by atoms with Crippen LogP contribution in [0.2, 0.25) is 0 Å². The maximum absolute atomic E-state index is 13.5. The lowest BCUT2D eigenvalue weighted by Crippen LogP contribution is -2.11. The van der Waals surface area contributed by atoms with E-state index in [1.165, 1.54) is 19.1 Å². The van der Waals surface area contributed by atoms with Crippen LogP contribution in [0.1, 0.15) is 23.7 Å². The van der Waals surface area contributed by atoms with Gasteiger partial charge in [0.1, 0.15) is 5.82 Å². The molecule has 0 bridgehead atoms. The van der Waals surface area contributed by atoms with Gasteiger partial charge in [0.05, 0.1) is 11.4 Å². The van der Waals surface area contributed by atoms with E-state index in [0.29, 0.717) is 0 Å². The van der Waals surface area contributed by atoms with Gasteiger partial charge in [0.2, 0.25) is 0 Å². The molecular weight excluding hydrogens is 261 g/mol. The molecule has 2 N–H and O–H groups in total. The lowest BCUT2D eigenvalue weighted by Gasteiger charge is -2.07. The molecule has 0 amide bonds. The lowest BCUT2D eigenvalue weighted by molar-refractivity contribution is 0.101. The lowest BCUT2D eigenvalue weighted by atomic mass is 10.1. The second-order valence-corrected chi connectivity index (χ2v) is 5.39. The van der Waals surface area contributed by atoms with Gasteiger partial charge in [-0.3, -0.25) is 9.35 Å². The van der Waals surface area contributed by atoms with E-state index in [1.54, 1.807) is 0 Å². The number of ketones is 1. The van der Waals surface area contributed by atoms with Crippen LogP contribution in [-0.2, 0) is 10.1 Å². The normalized spacial score (nSPS) is 11.3. The van der Waals surface area contributed by atoms with Crippen molar-refractivity contribution in [3.8, 4) is 0 Å². The first-order valence-electron chi connectivity index (χ1n) is 5.29. The van der Waals surface area contributed by atoms with Gasteiger partial charge in [0, 0.05) is 12.1 Å². The number of rotatable bonds is 6. The zero-order valence-electron chi connectivity index (χ0n) is 9.81. The third-order valence-electron chi connectivity index (χ3n) is 2.27. The Bertz CT molecular complexity index is 542. The summed E-state index contributed by atoms with van der Waals surface area (Å²) >= 11 is 0. The number of hydrogen-bond donors (Lipinski definition) is 2. The fraction of sp³-hybridized carbons (Fsp3) is 0.364. The predicted molar refractivity (Wildman–Crippen MR) is 65.9 cm³/mol. The summed E-state index contributed by atoms with van der Waals surface area (Å²) in [5.74, 6) is -1.19. The van der Waals surface area contributed by atoms with Crippen molar-refractivity contribution in [1.29, 1.82) is 0 Å². The van der Waals surface area contributed by atoms with Crippen LogP contribution >= 0.6 is 0 Å². The highest BCUT2D eigenvalue weighted by atomic mass is 32.2. The average molecular weight is 275 g/mol. The third-order valence-corrected chi connectivity index (χ3v) is 3.07. The standard InChI is InChI=1S/C11H14FNO4S/c1-8(14)9-3-4-11(10(12)7-9)13-5-2-6-18(15,16)17/h3-4,7,13H,2,5-6H2,1H3,(H,15,16,17). The molecule has 100 valence electrons. The largest absolute Gasteiger partial charge is 0.383 e. The summed E-state index contributed by atoms with van der Waals surface area (Å²) in [5.41, 5.74) is 0.464. The molecule has 0 unspecified atom stereocenters. The Morgan fingerprint density at radius 3 is 2.61 bits per heavy atom. The van der Waals surface area contributed by atoms with E-state index in [2.05, 4.69) is 5.32 Å². The van der Waals surface area contributed by atoms with Crippen LogP contribution in [-0.4, -0.2) is 31.1 Å². The fourth-order valence-electron chi connectivity index (χ4n) is 1.36. The molecule has 1 rings (SSSR count). The Labute approximate surface area is 105 Å². The Balaban J connectivity index is 2.56. The highest BCUT2D eigenvalue weighted by molar-refractivity contribution is 7.85. The van der Waals surface area contributed by atoms with Crippen LogP contribution < -0.4 is 5.32 Å². The van der Waals surface area contributed by atoms with Gasteiger partial charge >= 0.3 is 0 Å². The van der Waals surface area contributed by atoms with Crippen molar-refractivity contribution in [2.75, 3.05) is 17.6 Å². The monoisotopic (exact) mass is 275 g/mol. The van der Waals surface area contributed by atoms with Gasteiger partial charge < -0.3 is 5.32 Å². The second kappa shape index (κ2) is 5.92. The van der Waals surface area contributed by atoms with E-state index in [-0.39, 0.29) is 35.8 Å². The highest BCUT2D eigenvalue weighted by Crippen LogP contribution is 2.16. The minimum Gasteiger partial charge on any atom is -0.383 e. The Hall–Kier alpha value is -1.47. The maximum atomic E-state index is 13.5. The van der Waals surface area contributed by atoms with Crippen molar-refractivity contribution in [1.82, 2.24) is 0 Å². The Kier molecular flexibility index (Phi) is 4.80. The smallest absolute Gasteiger partial charge is 0.264 e. The molecule has 0 aliphatic heterocycles. The van der Waals surface area contributed by atoms with Crippen LogP contribution in [0.15, 0.2) is 18.2 Å². The summed E-state index contributed by atoms with van der Waals surface area (Å²) in [4.78, 5) is 11.0. The molecule has 0 radical (unpaired) electrons. The number of nitrogens with one attached hydrogen (secondary N) is 1. The molecule has 0 atom stereocenters. The number of carbonyl (C=O) groups is 1. The van der Waals surface area contributed by atoms with Gasteiger partial charge in [0.25, 0.3) is 10.1 Å². The summed E-state index contributed by atoms with van der Waals surface area (Å²) in [6.45, 7) is 1.55. The average Bonchev–Trinajstić information content (AvgIpc) is 2.24. The summed E-state index contributed by atoms with van der Waals surface area (Å²) < 4.78 is 42.9. The minimum atomic E-state index is -3.99. The quantitative estimate of drug-likeness (QED) is 0.469. The van der Waals surface area contributed by atoms with E-state index in [9.17, 15) is 17.6 Å². The van der Waals surface area contributed by atoms with E-state index in [1.807, 2.05) is 0 Å². The molecule has 18 heavy (non-hydrogen) atoms. The zero-order valence-corrected chi connectivity index (χ0v) is 10.6. The van der Waals surface area contributed by atoms with Gasteiger partial charge in [-0.15, -0.1) is 0 Å². The van der Waals surface area contributed by atoms with Gasteiger partial charge in [0.15, 0.2) is 5.78 Å². The first kappa shape index (κ1) is 14.6. The van der Waals surface area contributed by atoms with Crippen molar-refractivity contribution in [3.63, 3.8) is 0 Å². The highest BCUT2D eigenvalue weighted by Gasteiger charge is 2.07. The number of anilines is 1. The summed E-state index contributed by atoms with van der Waals surface area (Å²) in [6.07, 6.45) is 0.159. The van der Waals surface area contributed by atoms with E-state index >= 15 is 0 Å². The number of halogens is 1. The molecule has 0 saturated heterocycles. The van der Waals surface area contributed by atoms with Crippen molar-refractivity contribution < 1.29 is 22.2 Å². The van der Waals surface area contributed by atoms with Crippen molar-refractivity contribution in [2.24, 2.45) is 0 Å². The van der Waals surface area contributed by atoms with E-state index < -0.39 is 15.9 Å². The molecule has 5 nitrogen and oxygen atoms in total. The topological polar surface area (TPSA) is 83.5 Å². The van der Waals surface area contributed by atoms with Gasteiger partial charge in [-0.25, -0.2) is 4.39 Å². The molecule has 0 fully saturated rings. The maximum Gasteiger partial charge on any atom is 0.264 e. The number of carbonyl (C=O) groups excluding carboxylic acids is 1. The van der Waals surface area contributed by atoms with Crippen molar-refractivity contribution in [2.45, 2.75) is 13.3 Å². The molecular formula is C11H14FNO4S. The van der Waals surface area contributed by atoms with Crippen LogP contribution in [0.3, 0.4) is 0 Å². The van der Waals surface area contributed by atoms with Crippen LogP contribution in [0.25, 0.3) is 0 Å². The minimum absolute atomic E-state index is 0.159. The molecule has 0 aliphatic rings. The Morgan fingerprint density at radius 2 is 2.11 bits per heavy atom. The molecule has 0 spiro atoms. The van der Waals surface area contributed by atoms with Crippen molar-refractivity contribution in [3.05, 3.63) is 29.6 Å². The third kappa shape index (κ3) is 4.80. The predicted octanol–water partition coefficient (Wildman–Crippen LogP) is 1.72. The van der Waals surface area contributed by atoms with Crippen LogP contribution in [0, 0.1) is 5.82 Å². The molecule has 7 heteroatoms. The molecule has 1 aromatic carbocycles. The van der Waals surface area contributed by atoms with Crippen LogP contribution in [0.4, 0.5) is 10.1 Å². The van der Waals surface area contributed by atoms with Gasteiger partial charge in [-0.2, -0.15) is 8.42 Å². The van der Waals surface area contributed by atoms with Crippen molar-refractivity contribution >= 4 is 21.6 Å². The molecule has 0 heterocycles. The first-order valence-corrected chi connectivity index (χ1v) is 6.90. The first-order chi connectivity index (χ1) is 8.29. The summed E-state index contributed by atoms with van der Waals surface area (Å²) in [7, 11) is -3.99. The second-order valence-electron chi connectivity index (χ2n) is 3.82. The van der Waals surface area contributed by atoms with Crippen LogP contribution in [0.5, 0.6) is 0 Å².